The first-order chi connectivity index (χ1) is 17.0. The molecule has 0 radical (unpaired) electrons. The first-order valence-corrected chi connectivity index (χ1v) is 13.0. The van der Waals surface area contributed by atoms with E-state index >= 15 is 0 Å². The first kappa shape index (κ1) is 26.7. The van der Waals surface area contributed by atoms with Gasteiger partial charge in [-0.25, -0.2) is 0 Å². The van der Waals surface area contributed by atoms with Gasteiger partial charge in [0.05, 0.1) is 0 Å². The standard InChI is InChI=1S/C27H35BrN4O3/c1-2-3-14-27(20-33,22-8-7-9-23(28)17-22)31-26(29)30-18-21-12-15-32(16-13-21)25(34)19-35-24-10-5-4-6-11-24/h4-11,17,20-21H,2-3,12-16,18-19H2,1H3,(H3,29,30,31). The van der Waals surface area contributed by atoms with E-state index in [1.54, 1.807) is 0 Å². The number of likely N-dealkylation sites (tertiary alicyclic amines) is 1. The number of carbonyl (C=O) groups excluding carboxylic acids is 2. The Morgan fingerprint density at radius 2 is 1.94 bits per heavy atom. The van der Waals surface area contributed by atoms with Gasteiger partial charge >= 0.3 is 0 Å². The van der Waals surface area contributed by atoms with Crippen LogP contribution in [0.1, 0.15) is 44.6 Å². The predicted molar refractivity (Wildman–Crippen MR) is 142 cm³/mol. The summed E-state index contributed by atoms with van der Waals surface area (Å²) in [5.74, 6) is 1.18. The van der Waals surface area contributed by atoms with Gasteiger partial charge in [0.2, 0.25) is 0 Å². The van der Waals surface area contributed by atoms with Crippen LogP contribution in [0.15, 0.2) is 59.1 Å². The van der Waals surface area contributed by atoms with Crippen molar-refractivity contribution in [2.45, 2.75) is 44.6 Å². The third-order valence-corrected chi connectivity index (χ3v) is 6.95. The Balaban J connectivity index is 1.47. The highest BCUT2D eigenvalue weighted by molar-refractivity contribution is 9.10. The lowest BCUT2D eigenvalue weighted by molar-refractivity contribution is -0.134. The number of nitrogens with zero attached hydrogens (tertiary/aromatic N) is 1. The molecule has 1 fully saturated rings. The van der Waals surface area contributed by atoms with Crippen molar-refractivity contribution in [2.24, 2.45) is 5.92 Å². The van der Waals surface area contributed by atoms with Crippen molar-refractivity contribution in [1.29, 1.82) is 5.41 Å². The maximum Gasteiger partial charge on any atom is 0.260 e. The highest BCUT2D eigenvalue weighted by Crippen LogP contribution is 2.28. The quantitative estimate of drug-likeness (QED) is 0.221. The van der Waals surface area contributed by atoms with Crippen LogP contribution in [-0.2, 0) is 15.1 Å². The van der Waals surface area contributed by atoms with Gasteiger partial charge in [-0.05, 0) is 55.0 Å². The number of piperidine rings is 1. The topological polar surface area (TPSA) is 94.5 Å². The number of para-hydroxylation sites is 1. The monoisotopic (exact) mass is 542 g/mol. The molecule has 3 rings (SSSR count). The first-order valence-electron chi connectivity index (χ1n) is 12.2. The SMILES string of the molecule is CCCCC(C=O)(NC(=N)NCC1CCN(C(=O)COc2ccccc2)CC1)c1cccc(Br)c1. The maximum absolute atomic E-state index is 12.5. The molecule has 0 saturated carbocycles. The van der Waals surface area contributed by atoms with E-state index in [0.717, 1.165) is 42.0 Å². The van der Waals surface area contributed by atoms with Gasteiger partial charge in [-0.3, -0.25) is 10.2 Å². The van der Waals surface area contributed by atoms with E-state index in [4.69, 9.17) is 10.1 Å². The van der Waals surface area contributed by atoms with E-state index in [1.807, 2.05) is 59.5 Å². The van der Waals surface area contributed by atoms with E-state index in [0.29, 0.717) is 37.7 Å². The molecule has 0 aromatic heterocycles. The van der Waals surface area contributed by atoms with Gasteiger partial charge in [-0.2, -0.15) is 0 Å². The average Bonchev–Trinajstić information content (AvgIpc) is 2.89. The van der Waals surface area contributed by atoms with E-state index < -0.39 is 5.54 Å². The Kier molecular flexibility index (Phi) is 10.1. The Morgan fingerprint density at radius 3 is 2.60 bits per heavy atom. The minimum Gasteiger partial charge on any atom is -0.484 e. The van der Waals surface area contributed by atoms with Crippen LogP contribution in [0, 0.1) is 11.3 Å². The number of benzene rings is 2. The number of hydrogen-bond donors (Lipinski definition) is 3. The molecule has 1 saturated heterocycles. The molecule has 0 bridgehead atoms. The normalized spacial score (nSPS) is 15.7. The van der Waals surface area contributed by atoms with Crippen molar-refractivity contribution in [3.05, 3.63) is 64.6 Å². The number of guanidine groups is 1. The summed E-state index contributed by atoms with van der Waals surface area (Å²) in [7, 11) is 0. The minimum absolute atomic E-state index is 0.00427. The molecule has 1 heterocycles. The molecule has 8 heteroatoms. The Morgan fingerprint density at radius 1 is 1.20 bits per heavy atom. The summed E-state index contributed by atoms with van der Waals surface area (Å²) in [6.45, 7) is 4.11. The second-order valence-electron chi connectivity index (χ2n) is 9.01. The van der Waals surface area contributed by atoms with Crippen LogP contribution < -0.4 is 15.4 Å². The van der Waals surface area contributed by atoms with Gasteiger partial charge in [0.1, 0.15) is 17.6 Å². The zero-order valence-electron chi connectivity index (χ0n) is 20.3. The number of carbonyl (C=O) groups is 2. The van der Waals surface area contributed by atoms with Crippen LogP contribution in [-0.4, -0.2) is 49.3 Å². The van der Waals surface area contributed by atoms with Gasteiger partial charge < -0.3 is 25.1 Å². The van der Waals surface area contributed by atoms with Crippen LogP contribution in [0.5, 0.6) is 5.75 Å². The number of unbranched alkanes of at least 4 members (excludes halogenated alkanes) is 1. The molecular weight excluding hydrogens is 508 g/mol. The minimum atomic E-state index is -0.946. The van der Waals surface area contributed by atoms with Gasteiger partial charge in [-0.15, -0.1) is 0 Å². The molecule has 7 nitrogen and oxygen atoms in total. The van der Waals surface area contributed by atoms with Crippen molar-refractivity contribution in [3.63, 3.8) is 0 Å². The van der Waals surface area contributed by atoms with E-state index in [9.17, 15) is 9.59 Å². The molecule has 0 aliphatic carbocycles. The summed E-state index contributed by atoms with van der Waals surface area (Å²) in [6.07, 6.45) is 5.07. The van der Waals surface area contributed by atoms with Crippen molar-refractivity contribution >= 4 is 34.1 Å². The average molecular weight is 544 g/mol. The number of rotatable bonds is 11. The lowest BCUT2D eigenvalue weighted by Crippen LogP contribution is -2.52. The lowest BCUT2D eigenvalue weighted by Gasteiger charge is -2.34. The number of nitrogens with one attached hydrogen (secondary N) is 3. The second kappa shape index (κ2) is 13.3. The van der Waals surface area contributed by atoms with E-state index in [1.165, 1.54) is 0 Å². The van der Waals surface area contributed by atoms with Gasteiger partial charge in [0.25, 0.3) is 5.91 Å². The van der Waals surface area contributed by atoms with Crippen LogP contribution in [0.2, 0.25) is 0 Å². The molecule has 188 valence electrons. The lowest BCUT2D eigenvalue weighted by atomic mass is 9.86. The molecule has 0 spiro atoms. The zero-order valence-corrected chi connectivity index (χ0v) is 21.9. The van der Waals surface area contributed by atoms with Crippen molar-refractivity contribution in [2.75, 3.05) is 26.2 Å². The summed E-state index contributed by atoms with van der Waals surface area (Å²) < 4.78 is 6.48. The molecule has 1 amide bonds. The number of hydrogen-bond acceptors (Lipinski definition) is 4. The van der Waals surface area contributed by atoms with Crippen molar-refractivity contribution in [1.82, 2.24) is 15.5 Å². The number of amides is 1. The number of ether oxygens (including phenoxy) is 1. The fourth-order valence-corrected chi connectivity index (χ4v) is 4.71. The molecule has 35 heavy (non-hydrogen) atoms. The number of halogens is 1. The molecule has 3 N–H and O–H groups in total. The van der Waals surface area contributed by atoms with Gasteiger partial charge in [0, 0.05) is 24.1 Å². The van der Waals surface area contributed by atoms with Gasteiger partial charge in [-0.1, -0.05) is 66.0 Å². The number of aldehydes is 1. The molecule has 1 aliphatic heterocycles. The predicted octanol–water partition coefficient (Wildman–Crippen LogP) is 4.47. The maximum atomic E-state index is 12.5. The van der Waals surface area contributed by atoms with Crippen LogP contribution >= 0.6 is 15.9 Å². The third-order valence-electron chi connectivity index (χ3n) is 6.45. The second-order valence-corrected chi connectivity index (χ2v) is 9.93. The van der Waals surface area contributed by atoms with Crippen LogP contribution in [0.25, 0.3) is 0 Å². The highest BCUT2D eigenvalue weighted by Gasteiger charge is 2.33. The summed E-state index contributed by atoms with van der Waals surface area (Å²) in [6, 6.07) is 17.0. The summed E-state index contributed by atoms with van der Waals surface area (Å²) in [5, 5.41) is 14.8. The largest absolute Gasteiger partial charge is 0.484 e. The van der Waals surface area contributed by atoms with E-state index in [-0.39, 0.29) is 18.5 Å². The molecule has 1 unspecified atom stereocenters. The highest BCUT2D eigenvalue weighted by atomic mass is 79.9. The van der Waals surface area contributed by atoms with Crippen LogP contribution in [0.3, 0.4) is 0 Å². The Hall–Kier alpha value is -2.87. The summed E-state index contributed by atoms with van der Waals surface area (Å²) in [4.78, 5) is 26.6. The Labute approximate surface area is 216 Å². The molecule has 1 atom stereocenters. The van der Waals surface area contributed by atoms with Crippen molar-refractivity contribution < 1.29 is 14.3 Å². The van der Waals surface area contributed by atoms with E-state index in [2.05, 4.69) is 33.5 Å². The molecule has 1 aliphatic rings. The summed E-state index contributed by atoms with van der Waals surface area (Å²) in [5.41, 5.74) is -0.107. The smallest absolute Gasteiger partial charge is 0.260 e. The zero-order chi connectivity index (χ0) is 25.1. The molecule has 2 aromatic rings. The van der Waals surface area contributed by atoms with Crippen molar-refractivity contribution in [3.8, 4) is 5.75 Å². The third kappa shape index (κ3) is 7.82. The fourth-order valence-electron chi connectivity index (χ4n) is 4.31. The molecular formula is C27H35BrN4O3. The summed E-state index contributed by atoms with van der Waals surface area (Å²) >= 11 is 3.49. The Bertz CT molecular complexity index is 979. The van der Waals surface area contributed by atoms with Crippen LogP contribution in [0.4, 0.5) is 0 Å². The fraction of sp³-hybridized carbons (Fsp3) is 0.444. The molecule has 2 aromatic carbocycles. The van der Waals surface area contributed by atoms with Gasteiger partial charge in [0.15, 0.2) is 12.6 Å².